The number of carbonyl (C=O) groups is 5. The van der Waals surface area contributed by atoms with Crippen molar-refractivity contribution >= 4 is 29.2 Å². The zero-order valence-electron chi connectivity index (χ0n) is 39.5. The van der Waals surface area contributed by atoms with E-state index in [4.69, 9.17) is 26.7 Å². The van der Waals surface area contributed by atoms with E-state index in [0.29, 0.717) is 45.1 Å². The van der Waals surface area contributed by atoms with E-state index in [-0.39, 0.29) is 99.6 Å². The summed E-state index contributed by atoms with van der Waals surface area (Å²) in [5.41, 5.74) is 20.9. The van der Waals surface area contributed by atoms with Crippen molar-refractivity contribution in [2.75, 3.05) is 39.9 Å². The highest BCUT2D eigenvalue weighted by Gasteiger charge is 2.36. The fraction of sp³-hybridized carbons (Fsp3) is 0.460. The first-order valence-electron chi connectivity index (χ1n) is 22.6. The number of pyridine rings is 1. The number of rotatable bonds is 17. The second kappa shape index (κ2) is 22.7. The number of nitrogens with zero attached hydrogens (tertiary/aromatic N) is 5. The third-order valence-corrected chi connectivity index (χ3v) is 11.9. The van der Waals surface area contributed by atoms with E-state index in [1.807, 2.05) is 39.0 Å². The highest BCUT2D eigenvalue weighted by molar-refractivity contribution is 6.01. The molecule has 356 valence electrons. The van der Waals surface area contributed by atoms with Crippen molar-refractivity contribution in [2.24, 2.45) is 29.0 Å². The van der Waals surface area contributed by atoms with Crippen molar-refractivity contribution in [2.45, 2.75) is 97.6 Å². The van der Waals surface area contributed by atoms with Gasteiger partial charge in [0.25, 0.3) is 5.56 Å². The first-order valence-corrected chi connectivity index (χ1v) is 22.6. The zero-order chi connectivity index (χ0) is 49.2. The van der Waals surface area contributed by atoms with Crippen molar-refractivity contribution in [1.29, 1.82) is 5.26 Å². The Bertz CT molecular complexity index is 2570. The molecule has 4 atom stereocenters. The molecular formula is C50H63N9O8. The maximum atomic E-state index is 14.8. The third kappa shape index (κ3) is 12.4. The third-order valence-electron chi connectivity index (χ3n) is 11.9. The van der Waals surface area contributed by atoms with Crippen LogP contribution in [0.25, 0.3) is 17.1 Å². The molecule has 0 aliphatic carbocycles. The molecule has 4 bridgehead atoms. The number of benzene rings is 2. The summed E-state index contributed by atoms with van der Waals surface area (Å²) in [7, 11) is 1.47. The number of aromatic nitrogens is 3. The number of amides is 2. The number of Topliss-reactive ketones (excluding diaryl/α,β-unsaturated/α-hetero) is 3. The number of fused-ring (bicyclic) bond motifs is 5. The van der Waals surface area contributed by atoms with Gasteiger partial charge in [0.15, 0.2) is 17.3 Å². The standard InChI is InChI=1S/C50H63N9O8/c1-29-23-41(62)46(58(7)48(65)34(14-17-52)27-40(61)45-30(2)55-49(56-31(45)3)59-20-15-35(28-44(59)63)50(4,5)6)33-11-13-43(67-22-19-54)37(26-33)36-24-32(10-12-42(36)66-21-18-53)25-38(57-47(29)64)39(60)9-8-16-51/h10-13,15,20,24,26,28-29,34,38,46H,8-9,14,17-19,21-23,25,27,52-54H2,1-7H3,(H,57,64)/t29-,34-,38+,46+/m1/s1. The molecule has 2 aromatic carbocycles. The minimum atomic E-state index is -1.28. The SMILES string of the molecule is Cc1nc(-n2ccc(C(C)(C)C)cc2=O)nc(C)c1C(=O)C[C@@H](CCN)C(=O)N(C)[C@@H]1C(=O)C[C@@H](C)C(=O)N[C@H](C(=O)CCC#N)Cc2ccc(OCCN)c(c2)-c2cc1ccc2OCCN. The van der Waals surface area contributed by atoms with Gasteiger partial charge in [-0.2, -0.15) is 5.26 Å². The van der Waals surface area contributed by atoms with Gasteiger partial charge in [-0.05, 0) is 85.7 Å². The van der Waals surface area contributed by atoms with Crippen LogP contribution in [0.5, 0.6) is 11.5 Å². The van der Waals surface area contributed by atoms with Crippen LogP contribution in [0.4, 0.5) is 0 Å². The number of carbonyl (C=O) groups excluding carboxylic acids is 5. The lowest BCUT2D eigenvalue weighted by molar-refractivity contribution is -0.142. The monoisotopic (exact) mass is 917 g/mol. The summed E-state index contributed by atoms with van der Waals surface area (Å²) < 4.78 is 13.6. The Balaban J connectivity index is 1.58. The smallest absolute Gasteiger partial charge is 0.257 e. The number of nitrogens with one attached hydrogen (secondary N) is 1. The predicted octanol–water partition coefficient (Wildman–Crippen LogP) is 4.13. The fourth-order valence-corrected chi connectivity index (χ4v) is 8.29. The molecule has 0 spiro atoms. The molecule has 1 aliphatic rings. The van der Waals surface area contributed by atoms with Gasteiger partial charge >= 0.3 is 0 Å². The van der Waals surface area contributed by atoms with Crippen molar-refractivity contribution in [3.63, 3.8) is 0 Å². The molecule has 5 rings (SSSR count). The summed E-state index contributed by atoms with van der Waals surface area (Å²) in [6.07, 6.45) is 1.03. The number of aryl methyl sites for hydroxylation is 2. The molecular weight excluding hydrogens is 855 g/mol. The number of ketones is 3. The minimum Gasteiger partial charge on any atom is -0.492 e. The molecule has 2 amide bonds. The Labute approximate surface area is 391 Å². The number of likely N-dealkylation sites (N-methyl/N-ethyl adjacent to an activating group) is 1. The van der Waals surface area contributed by atoms with Crippen LogP contribution in [0.15, 0.2) is 59.5 Å². The molecule has 17 heteroatoms. The Morgan fingerprint density at radius 3 is 2.12 bits per heavy atom. The zero-order valence-corrected chi connectivity index (χ0v) is 39.5. The molecule has 2 aromatic heterocycles. The first kappa shape index (κ1) is 51.4. The number of ether oxygens (including phenoxy) is 2. The van der Waals surface area contributed by atoms with E-state index in [9.17, 15) is 34.0 Å². The summed E-state index contributed by atoms with van der Waals surface area (Å²) >= 11 is 0. The Hall–Kier alpha value is -6.61. The van der Waals surface area contributed by atoms with Gasteiger partial charge in [0, 0.05) is 81.0 Å². The molecule has 4 aromatic rings. The Morgan fingerprint density at radius 2 is 1.54 bits per heavy atom. The van der Waals surface area contributed by atoms with Gasteiger partial charge in [-0.25, -0.2) is 9.97 Å². The van der Waals surface area contributed by atoms with Gasteiger partial charge in [-0.3, -0.25) is 33.3 Å². The minimum absolute atomic E-state index is 0.0432. The molecule has 3 heterocycles. The van der Waals surface area contributed by atoms with E-state index in [1.165, 1.54) is 22.6 Å². The molecule has 7 N–H and O–H groups in total. The maximum Gasteiger partial charge on any atom is 0.257 e. The van der Waals surface area contributed by atoms with Crippen molar-refractivity contribution < 1.29 is 33.4 Å². The Morgan fingerprint density at radius 1 is 0.910 bits per heavy atom. The molecule has 0 unspecified atom stereocenters. The van der Waals surface area contributed by atoms with E-state index < -0.39 is 47.3 Å². The van der Waals surface area contributed by atoms with Gasteiger partial charge in [0.1, 0.15) is 30.8 Å². The highest BCUT2D eigenvalue weighted by atomic mass is 16.5. The summed E-state index contributed by atoms with van der Waals surface area (Å²) in [5.74, 6) is -3.37. The average molecular weight is 918 g/mol. The van der Waals surface area contributed by atoms with Crippen LogP contribution in [0, 0.1) is 37.0 Å². The van der Waals surface area contributed by atoms with Crippen LogP contribution >= 0.6 is 0 Å². The van der Waals surface area contributed by atoms with Crippen molar-refractivity contribution in [1.82, 2.24) is 24.8 Å². The van der Waals surface area contributed by atoms with E-state index >= 15 is 0 Å². The van der Waals surface area contributed by atoms with E-state index in [0.717, 1.165) is 5.56 Å². The molecule has 0 saturated carbocycles. The predicted molar refractivity (Wildman–Crippen MR) is 253 cm³/mol. The van der Waals surface area contributed by atoms with Crippen LogP contribution < -0.4 is 37.6 Å². The van der Waals surface area contributed by atoms with Crippen LogP contribution in [0.3, 0.4) is 0 Å². The largest absolute Gasteiger partial charge is 0.492 e. The molecule has 0 fully saturated rings. The van der Waals surface area contributed by atoms with Crippen molar-refractivity contribution in [3.05, 3.63) is 98.7 Å². The second-order valence-electron chi connectivity index (χ2n) is 18.0. The first-order chi connectivity index (χ1) is 31.8. The van der Waals surface area contributed by atoms with E-state index in [2.05, 4.69) is 15.3 Å². The number of nitrogens with two attached hydrogens (primary N) is 3. The van der Waals surface area contributed by atoms with Crippen LogP contribution in [-0.4, -0.2) is 94.5 Å². The van der Waals surface area contributed by atoms with Gasteiger partial charge in [0.2, 0.25) is 17.8 Å². The average Bonchev–Trinajstić information content (AvgIpc) is 3.28. The van der Waals surface area contributed by atoms with Gasteiger partial charge in [0.05, 0.1) is 29.1 Å². The molecule has 1 aliphatic heterocycles. The van der Waals surface area contributed by atoms with Crippen LogP contribution in [0.1, 0.15) is 104 Å². The summed E-state index contributed by atoms with van der Waals surface area (Å²) in [4.78, 5) is 94.6. The summed E-state index contributed by atoms with van der Waals surface area (Å²) in [5, 5.41) is 12.1. The second-order valence-corrected chi connectivity index (χ2v) is 18.0. The normalized spacial score (nSPS) is 16.8. The number of nitriles is 1. The lowest BCUT2D eigenvalue weighted by Crippen LogP contribution is -2.46. The summed E-state index contributed by atoms with van der Waals surface area (Å²) in [6, 6.07) is 13.4. The van der Waals surface area contributed by atoms with Crippen molar-refractivity contribution in [3.8, 4) is 34.6 Å². The number of hydrogen-bond donors (Lipinski definition) is 4. The highest BCUT2D eigenvalue weighted by Crippen LogP contribution is 2.41. The van der Waals surface area contributed by atoms with Crippen LogP contribution in [-0.2, 0) is 31.0 Å². The lowest BCUT2D eigenvalue weighted by Gasteiger charge is -2.32. The molecule has 0 saturated heterocycles. The lowest BCUT2D eigenvalue weighted by atomic mass is 9.88. The Kier molecular flexibility index (Phi) is 17.4. The molecule has 67 heavy (non-hydrogen) atoms. The molecule has 17 nitrogen and oxygen atoms in total. The number of hydrogen-bond acceptors (Lipinski definition) is 14. The molecule has 0 radical (unpaired) electrons. The van der Waals surface area contributed by atoms with Gasteiger partial charge < -0.3 is 36.9 Å². The van der Waals surface area contributed by atoms with E-state index in [1.54, 1.807) is 57.3 Å². The fourth-order valence-electron chi connectivity index (χ4n) is 8.29. The van der Waals surface area contributed by atoms with Crippen LogP contribution in [0.2, 0.25) is 0 Å². The topological polar surface area (TPSA) is 269 Å². The van der Waals surface area contributed by atoms with Gasteiger partial charge in [-0.1, -0.05) is 39.8 Å². The maximum absolute atomic E-state index is 14.8. The van der Waals surface area contributed by atoms with Gasteiger partial charge in [-0.15, -0.1) is 0 Å². The quantitative estimate of drug-likeness (QED) is 0.109. The summed E-state index contributed by atoms with van der Waals surface area (Å²) in [6.45, 7) is 11.6.